The number of hydrogen-bond donors (Lipinski definition) is 2. The zero-order valence-electron chi connectivity index (χ0n) is 17.2. The highest BCUT2D eigenvalue weighted by molar-refractivity contribution is 6.24. The fraction of sp³-hybridized carbons (Fsp3) is 0.304. The highest BCUT2D eigenvalue weighted by atomic mass is 16.5. The molecule has 3 N–H and O–H groups in total. The van der Waals surface area contributed by atoms with Crippen molar-refractivity contribution in [2.75, 3.05) is 5.32 Å². The number of nitrogens with two attached hydrogens (primary N) is 1. The van der Waals surface area contributed by atoms with Gasteiger partial charge in [0.15, 0.2) is 0 Å². The third kappa shape index (κ3) is 4.25. The molecule has 4 rings (SSSR count). The first-order valence-electron chi connectivity index (χ1n) is 10.2. The van der Waals surface area contributed by atoms with Crippen LogP contribution in [0.2, 0.25) is 0 Å². The second-order valence-corrected chi connectivity index (χ2v) is 7.59. The average Bonchev–Trinajstić information content (AvgIpc) is 3.48. The monoisotopic (exact) mass is 403 g/mol. The maximum absolute atomic E-state index is 13.0. The lowest BCUT2D eigenvalue weighted by atomic mass is 10.1. The van der Waals surface area contributed by atoms with Crippen LogP contribution in [0.5, 0.6) is 0 Å². The van der Waals surface area contributed by atoms with E-state index in [9.17, 15) is 4.79 Å². The molecule has 1 aromatic carbocycles. The molecule has 0 bridgehead atoms. The summed E-state index contributed by atoms with van der Waals surface area (Å²) in [6, 6.07) is 9.55. The number of anilines is 1. The lowest BCUT2D eigenvalue weighted by Gasteiger charge is -2.12. The van der Waals surface area contributed by atoms with Gasteiger partial charge in [-0.15, -0.1) is 0 Å². The van der Waals surface area contributed by atoms with E-state index in [1.165, 1.54) is 6.20 Å². The van der Waals surface area contributed by atoms with E-state index >= 15 is 0 Å². The van der Waals surface area contributed by atoms with Crippen LogP contribution in [0.3, 0.4) is 0 Å². The number of nitrogens with one attached hydrogen (secondary N) is 1. The molecule has 0 atom stereocenters. The fourth-order valence-electron chi connectivity index (χ4n) is 3.28. The van der Waals surface area contributed by atoms with Gasteiger partial charge in [0, 0.05) is 29.6 Å². The number of carbonyl (C=O) groups excluding carboxylic acids is 1. The second kappa shape index (κ2) is 8.49. The van der Waals surface area contributed by atoms with Crippen LogP contribution < -0.4 is 11.1 Å². The summed E-state index contributed by atoms with van der Waals surface area (Å²) in [5.74, 6) is 1.29. The van der Waals surface area contributed by atoms with E-state index in [1.807, 2.05) is 37.3 Å². The Morgan fingerprint density at radius 3 is 2.87 bits per heavy atom. The molecule has 0 aliphatic heterocycles. The molecular weight excluding hydrogens is 378 g/mol. The van der Waals surface area contributed by atoms with E-state index < -0.39 is 0 Å². The van der Waals surface area contributed by atoms with E-state index in [1.54, 1.807) is 6.20 Å². The molecule has 7 nitrogen and oxygen atoms in total. The Bertz CT molecular complexity index is 1100. The van der Waals surface area contributed by atoms with Gasteiger partial charge in [0.05, 0.1) is 11.3 Å². The third-order valence-corrected chi connectivity index (χ3v) is 5.16. The summed E-state index contributed by atoms with van der Waals surface area (Å²) in [6.45, 7) is 4.04. The van der Waals surface area contributed by atoms with Gasteiger partial charge in [-0.1, -0.05) is 30.6 Å². The molecule has 0 spiro atoms. The van der Waals surface area contributed by atoms with Gasteiger partial charge in [0.2, 0.25) is 11.7 Å². The molecule has 1 amide bonds. The van der Waals surface area contributed by atoms with Crippen LogP contribution in [0.1, 0.15) is 54.8 Å². The van der Waals surface area contributed by atoms with Crippen LogP contribution >= 0.6 is 0 Å². The second-order valence-electron chi connectivity index (χ2n) is 7.59. The molecule has 2 heterocycles. The molecule has 0 radical (unpaired) electrons. The largest absolute Gasteiger partial charge is 0.404 e. The quantitative estimate of drug-likeness (QED) is 0.572. The number of hydrogen-bond acceptors (Lipinski definition) is 6. The van der Waals surface area contributed by atoms with E-state index in [2.05, 4.69) is 27.4 Å². The first-order chi connectivity index (χ1) is 14.6. The molecule has 1 aliphatic carbocycles. The molecule has 1 fully saturated rings. The number of aryl methyl sites for hydroxylation is 2. The van der Waals surface area contributed by atoms with E-state index in [0.717, 1.165) is 42.4 Å². The Labute approximate surface area is 175 Å². The van der Waals surface area contributed by atoms with Crippen LogP contribution in [0.25, 0.3) is 17.0 Å². The maximum atomic E-state index is 13.0. The van der Waals surface area contributed by atoms with Gasteiger partial charge in [-0.2, -0.15) is 4.98 Å². The summed E-state index contributed by atoms with van der Waals surface area (Å²) in [5, 5.41) is 7.03. The van der Waals surface area contributed by atoms with Crippen molar-refractivity contribution in [2.24, 2.45) is 5.73 Å². The van der Waals surface area contributed by atoms with Gasteiger partial charge < -0.3 is 15.6 Å². The SMILES string of the molecule is CCCc1ccnc(/C(=C\N)C(=O)Nc2cc(-c3noc(C4CC4)n3)ccc2C)c1. The van der Waals surface area contributed by atoms with Crippen molar-refractivity contribution >= 4 is 17.2 Å². The number of benzene rings is 1. The number of pyridine rings is 1. The van der Waals surface area contributed by atoms with Crippen molar-refractivity contribution in [3.05, 3.63) is 65.4 Å². The minimum absolute atomic E-state index is 0.314. The smallest absolute Gasteiger partial charge is 0.259 e. The highest BCUT2D eigenvalue weighted by Crippen LogP contribution is 2.39. The predicted octanol–water partition coefficient (Wildman–Crippen LogP) is 4.21. The molecular formula is C23H25N5O2. The number of amides is 1. The summed E-state index contributed by atoms with van der Waals surface area (Å²) < 4.78 is 5.36. The number of rotatable bonds is 7. The van der Waals surface area contributed by atoms with Gasteiger partial charge >= 0.3 is 0 Å². The minimum Gasteiger partial charge on any atom is -0.404 e. The van der Waals surface area contributed by atoms with Crippen molar-refractivity contribution < 1.29 is 9.32 Å². The number of nitrogens with zero attached hydrogens (tertiary/aromatic N) is 3. The summed E-state index contributed by atoms with van der Waals surface area (Å²) in [5.41, 5.74) is 10.2. The molecule has 1 aliphatic rings. The topological polar surface area (TPSA) is 107 Å². The van der Waals surface area contributed by atoms with Crippen molar-refractivity contribution in [2.45, 2.75) is 45.4 Å². The summed E-state index contributed by atoms with van der Waals surface area (Å²) in [4.78, 5) is 21.8. The number of carbonyl (C=O) groups is 1. The van der Waals surface area contributed by atoms with E-state index in [4.69, 9.17) is 10.3 Å². The summed E-state index contributed by atoms with van der Waals surface area (Å²) >= 11 is 0. The Balaban J connectivity index is 1.56. The van der Waals surface area contributed by atoms with Crippen LogP contribution in [0.4, 0.5) is 5.69 Å². The molecule has 30 heavy (non-hydrogen) atoms. The van der Waals surface area contributed by atoms with Gasteiger partial charge in [-0.05, 0) is 55.5 Å². The van der Waals surface area contributed by atoms with Crippen molar-refractivity contribution in [3.8, 4) is 11.4 Å². The lowest BCUT2D eigenvalue weighted by Crippen LogP contribution is -2.16. The van der Waals surface area contributed by atoms with E-state index in [0.29, 0.717) is 34.6 Å². The normalized spacial score (nSPS) is 14.0. The first-order valence-corrected chi connectivity index (χ1v) is 10.2. The summed E-state index contributed by atoms with van der Waals surface area (Å²) in [7, 11) is 0. The molecule has 1 saturated carbocycles. The molecule has 3 aromatic rings. The number of aromatic nitrogens is 3. The van der Waals surface area contributed by atoms with Crippen LogP contribution in [-0.2, 0) is 11.2 Å². The van der Waals surface area contributed by atoms with Crippen molar-refractivity contribution in [3.63, 3.8) is 0 Å². The van der Waals surface area contributed by atoms with Crippen molar-refractivity contribution in [1.82, 2.24) is 15.1 Å². The predicted molar refractivity (Wildman–Crippen MR) is 115 cm³/mol. The molecule has 154 valence electrons. The van der Waals surface area contributed by atoms with Crippen molar-refractivity contribution in [1.29, 1.82) is 0 Å². The maximum Gasteiger partial charge on any atom is 0.259 e. The first kappa shape index (κ1) is 19.8. The minimum atomic E-state index is -0.314. The van der Waals surface area contributed by atoms with Gasteiger partial charge in [-0.25, -0.2) is 0 Å². The lowest BCUT2D eigenvalue weighted by molar-refractivity contribution is -0.111. The fourth-order valence-corrected chi connectivity index (χ4v) is 3.28. The Kier molecular flexibility index (Phi) is 5.61. The zero-order chi connectivity index (χ0) is 21.1. The average molecular weight is 403 g/mol. The highest BCUT2D eigenvalue weighted by Gasteiger charge is 2.29. The Hall–Kier alpha value is -3.48. The zero-order valence-corrected chi connectivity index (χ0v) is 17.2. The van der Waals surface area contributed by atoms with Gasteiger partial charge in [0.1, 0.15) is 0 Å². The van der Waals surface area contributed by atoms with Gasteiger partial charge in [-0.3, -0.25) is 9.78 Å². The Morgan fingerprint density at radius 1 is 1.30 bits per heavy atom. The van der Waals surface area contributed by atoms with Crippen LogP contribution in [-0.4, -0.2) is 21.0 Å². The summed E-state index contributed by atoms with van der Waals surface area (Å²) in [6.07, 6.45) is 7.13. The van der Waals surface area contributed by atoms with Gasteiger partial charge in [0.25, 0.3) is 5.91 Å². The standard InChI is InChI=1S/C23H25N5O2/c1-3-4-15-9-10-25-20(11-15)18(13-24)22(29)26-19-12-17(6-5-14(19)2)21-27-23(30-28-21)16-7-8-16/h5-6,9-13,16H,3-4,7-8,24H2,1-2H3,(H,26,29)/b18-13+. The van der Waals surface area contributed by atoms with Crippen LogP contribution in [0.15, 0.2) is 47.3 Å². The third-order valence-electron chi connectivity index (χ3n) is 5.16. The van der Waals surface area contributed by atoms with E-state index in [-0.39, 0.29) is 5.91 Å². The molecule has 0 unspecified atom stereocenters. The molecule has 7 heteroatoms. The van der Waals surface area contributed by atoms with Crippen LogP contribution in [0, 0.1) is 6.92 Å². The molecule has 2 aromatic heterocycles. The molecule has 0 saturated heterocycles. The Morgan fingerprint density at radius 2 is 2.13 bits per heavy atom.